The summed E-state index contributed by atoms with van der Waals surface area (Å²) < 4.78 is 5.42. The Balaban J connectivity index is 1.77. The molecule has 94 valence electrons. The molecule has 0 atom stereocenters. The minimum absolute atomic E-state index is 0.662. The summed E-state index contributed by atoms with van der Waals surface area (Å²) in [7, 11) is 0. The Labute approximate surface area is 103 Å². The molecule has 1 aliphatic carbocycles. The van der Waals surface area contributed by atoms with Crippen molar-refractivity contribution in [1.29, 1.82) is 0 Å². The molecule has 2 rings (SSSR count). The first-order valence-electron chi connectivity index (χ1n) is 6.54. The van der Waals surface area contributed by atoms with Crippen molar-refractivity contribution in [2.75, 3.05) is 18.9 Å². The van der Waals surface area contributed by atoms with E-state index in [0.717, 1.165) is 30.4 Å². The molecule has 1 saturated carbocycles. The van der Waals surface area contributed by atoms with E-state index in [9.17, 15) is 0 Å². The van der Waals surface area contributed by atoms with Crippen molar-refractivity contribution in [2.24, 2.45) is 0 Å². The lowest BCUT2D eigenvalue weighted by Crippen LogP contribution is -2.17. The van der Waals surface area contributed by atoms with Gasteiger partial charge >= 0.3 is 0 Å². The van der Waals surface area contributed by atoms with Crippen molar-refractivity contribution in [3.05, 3.63) is 23.8 Å². The maximum absolute atomic E-state index is 5.93. The standard InChI is InChI=1S/C14H22N2O/c1-2-17-14-8-5-11(10-13(14)15)4-3-9-16-12-6-7-12/h5,8,10,12,16H,2-4,6-7,9,15H2,1H3. The lowest BCUT2D eigenvalue weighted by Gasteiger charge is -2.09. The van der Waals surface area contributed by atoms with Crippen LogP contribution in [0.2, 0.25) is 0 Å². The largest absolute Gasteiger partial charge is 0.492 e. The number of hydrogen-bond donors (Lipinski definition) is 2. The number of nitrogen functional groups attached to an aromatic ring is 1. The van der Waals surface area contributed by atoms with E-state index in [-0.39, 0.29) is 0 Å². The molecule has 0 aliphatic heterocycles. The van der Waals surface area contributed by atoms with Crippen LogP contribution in [0.25, 0.3) is 0 Å². The van der Waals surface area contributed by atoms with Crippen molar-refractivity contribution >= 4 is 5.69 Å². The summed E-state index contributed by atoms with van der Waals surface area (Å²) in [5.41, 5.74) is 7.97. The third-order valence-electron chi connectivity index (χ3n) is 3.03. The van der Waals surface area contributed by atoms with E-state index in [2.05, 4.69) is 11.4 Å². The number of benzene rings is 1. The van der Waals surface area contributed by atoms with Crippen LogP contribution >= 0.6 is 0 Å². The molecule has 3 heteroatoms. The summed E-state index contributed by atoms with van der Waals surface area (Å²) in [4.78, 5) is 0. The fraction of sp³-hybridized carbons (Fsp3) is 0.571. The van der Waals surface area contributed by atoms with Gasteiger partial charge in [-0.25, -0.2) is 0 Å². The van der Waals surface area contributed by atoms with Crippen molar-refractivity contribution in [3.63, 3.8) is 0 Å². The first-order chi connectivity index (χ1) is 8.29. The van der Waals surface area contributed by atoms with Gasteiger partial charge in [0.1, 0.15) is 5.75 Å². The predicted octanol–water partition coefficient (Wildman–Crippen LogP) is 2.35. The average Bonchev–Trinajstić information content (AvgIpc) is 3.12. The minimum Gasteiger partial charge on any atom is -0.492 e. The van der Waals surface area contributed by atoms with Crippen LogP contribution in [0.15, 0.2) is 18.2 Å². The summed E-state index contributed by atoms with van der Waals surface area (Å²) in [6, 6.07) is 6.92. The zero-order chi connectivity index (χ0) is 12.1. The topological polar surface area (TPSA) is 47.3 Å². The molecule has 0 aromatic heterocycles. The average molecular weight is 234 g/mol. The highest BCUT2D eigenvalue weighted by Crippen LogP contribution is 2.23. The molecule has 1 aliphatic rings. The summed E-state index contributed by atoms with van der Waals surface area (Å²) in [5, 5.41) is 3.52. The van der Waals surface area contributed by atoms with Crippen LogP contribution in [0, 0.1) is 0 Å². The maximum atomic E-state index is 5.93. The van der Waals surface area contributed by atoms with Crippen LogP contribution in [-0.2, 0) is 6.42 Å². The zero-order valence-corrected chi connectivity index (χ0v) is 10.5. The fourth-order valence-corrected chi connectivity index (χ4v) is 1.93. The molecule has 0 unspecified atom stereocenters. The first kappa shape index (κ1) is 12.2. The van der Waals surface area contributed by atoms with Crippen molar-refractivity contribution < 1.29 is 4.74 Å². The maximum Gasteiger partial charge on any atom is 0.142 e. The van der Waals surface area contributed by atoms with Crippen LogP contribution in [0.1, 0.15) is 31.7 Å². The highest BCUT2D eigenvalue weighted by Gasteiger charge is 2.19. The lowest BCUT2D eigenvalue weighted by atomic mass is 10.1. The summed E-state index contributed by atoms with van der Waals surface area (Å²) in [6.45, 7) is 3.74. The second kappa shape index (κ2) is 5.92. The quantitative estimate of drug-likeness (QED) is 0.562. The van der Waals surface area contributed by atoms with E-state index < -0.39 is 0 Å². The Hall–Kier alpha value is -1.22. The van der Waals surface area contributed by atoms with E-state index in [1.165, 1.54) is 24.8 Å². The van der Waals surface area contributed by atoms with Gasteiger partial charge in [-0.15, -0.1) is 0 Å². The second-order valence-corrected chi connectivity index (χ2v) is 4.64. The Morgan fingerprint density at radius 2 is 2.24 bits per heavy atom. The van der Waals surface area contributed by atoms with Crippen LogP contribution in [-0.4, -0.2) is 19.2 Å². The van der Waals surface area contributed by atoms with Crippen molar-refractivity contribution in [1.82, 2.24) is 5.32 Å². The summed E-state index contributed by atoms with van der Waals surface area (Å²) in [5.74, 6) is 0.798. The van der Waals surface area contributed by atoms with Gasteiger partial charge < -0.3 is 15.8 Å². The minimum atomic E-state index is 0.662. The molecule has 0 spiro atoms. The van der Waals surface area contributed by atoms with Gasteiger partial charge in [0.25, 0.3) is 0 Å². The molecule has 0 radical (unpaired) electrons. The van der Waals surface area contributed by atoms with E-state index in [4.69, 9.17) is 10.5 Å². The lowest BCUT2D eigenvalue weighted by molar-refractivity contribution is 0.342. The molecule has 0 saturated heterocycles. The van der Waals surface area contributed by atoms with Crippen LogP contribution < -0.4 is 15.8 Å². The number of nitrogens with one attached hydrogen (secondary N) is 1. The molecular formula is C14H22N2O. The van der Waals surface area contributed by atoms with Gasteiger partial charge in [0.05, 0.1) is 12.3 Å². The molecule has 3 N–H and O–H groups in total. The Bertz CT molecular complexity index is 361. The molecule has 3 nitrogen and oxygen atoms in total. The van der Waals surface area contributed by atoms with E-state index >= 15 is 0 Å². The Kier molecular flexibility index (Phi) is 4.26. The number of nitrogens with two attached hydrogens (primary N) is 1. The Morgan fingerprint density at radius 3 is 2.88 bits per heavy atom. The highest BCUT2D eigenvalue weighted by atomic mass is 16.5. The molecule has 1 aromatic rings. The molecular weight excluding hydrogens is 212 g/mol. The highest BCUT2D eigenvalue weighted by molar-refractivity contribution is 5.54. The fourth-order valence-electron chi connectivity index (χ4n) is 1.93. The molecule has 17 heavy (non-hydrogen) atoms. The number of anilines is 1. The van der Waals surface area contributed by atoms with E-state index in [0.29, 0.717) is 6.61 Å². The summed E-state index contributed by atoms with van der Waals surface area (Å²) in [6.07, 6.45) is 4.96. The van der Waals surface area contributed by atoms with Crippen LogP contribution in [0.5, 0.6) is 5.75 Å². The molecule has 0 bridgehead atoms. The van der Waals surface area contributed by atoms with E-state index in [1.807, 2.05) is 19.1 Å². The third kappa shape index (κ3) is 3.93. The van der Waals surface area contributed by atoms with Gasteiger partial charge in [0, 0.05) is 6.04 Å². The summed E-state index contributed by atoms with van der Waals surface area (Å²) >= 11 is 0. The van der Waals surface area contributed by atoms with Crippen molar-refractivity contribution in [3.8, 4) is 5.75 Å². The Morgan fingerprint density at radius 1 is 1.41 bits per heavy atom. The van der Waals surface area contributed by atoms with Gasteiger partial charge in [0.2, 0.25) is 0 Å². The van der Waals surface area contributed by atoms with Crippen molar-refractivity contribution in [2.45, 2.75) is 38.6 Å². The second-order valence-electron chi connectivity index (χ2n) is 4.64. The van der Waals surface area contributed by atoms with Crippen LogP contribution in [0.3, 0.4) is 0 Å². The number of rotatable bonds is 7. The SMILES string of the molecule is CCOc1ccc(CCCNC2CC2)cc1N. The number of ether oxygens (including phenoxy) is 1. The van der Waals surface area contributed by atoms with Gasteiger partial charge in [-0.1, -0.05) is 6.07 Å². The van der Waals surface area contributed by atoms with Gasteiger partial charge in [-0.2, -0.15) is 0 Å². The smallest absolute Gasteiger partial charge is 0.142 e. The number of aryl methyl sites for hydroxylation is 1. The molecule has 0 amide bonds. The van der Waals surface area contributed by atoms with Gasteiger partial charge in [-0.3, -0.25) is 0 Å². The van der Waals surface area contributed by atoms with Gasteiger partial charge in [-0.05, 0) is 56.8 Å². The van der Waals surface area contributed by atoms with E-state index in [1.54, 1.807) is 0 Å². The molecule has 0 heterocycles. The van der Waals surface area contributed by atoms with Crippen LogP contribution in [0.4, 0.5) is 5.69 Å². The first-order valence-corrected chi connectivity index (χ1v) is 6.54. The molecule has 1 aromatic carbocycles. The number of hydrogen-bond acceptors (Lipinski definition) is 3. The predicted molar refractivity (Wildman–Crippen MR) is 71.4 cm³/mol. The zero-order valence-electron chi connectivity index (χ0n) is 10.5. The van der Waals surface area contributed by atoms with Gasteiger partial charge in [0.15, 0.2) is 0 Å². The monoisotopic (exact) mass is 234 g/mol. The normalized spacial score (nSPS) is 14.9. The molecule has 1 fully saturated rings. The third-order valence-corrected chi connectivity index (χ3v) is 3.03.